The molecule has 0 saturated carbocycles. The second-order valence-corrected chi connectivity index (χ2v) is 7.03. The monoisotopic (exact) mass is 393 g/mol. The van der Waals surface area contributed by atoms with Crippen molar-refractivity contribution in [1.82, 2.24) is 24.3 Å². The Morgan fingerprint density at radius 3 is 2.79 bits per heavy atom. The van der Waals surface area contributed by atoms with Gasteiger partial charge in [0.05, 0.1) is 4.88 Å². The number of halogens is 1. The van der Waals surface area contributed by atoms with Gasteiger partial charge < -0.3 is 9.09 Å². The predicted molar refractivity (Wildman–Crippen MR) is 102 cm³/mol. The molecule has 28 heavy (non-hydrogen) atoms. The van der Waals surface area contributed by atoms with Crippen molar-refractivity contribution in [2.24, 2.45) is 0 Å². The van der Waals surface area contributed by atoms with Gasteiger partial charge in [-0.2, -0.15) is 10.1 Å². The van der Waals surface area contributed by atoms with Crippen molar-refractivity contribution in [2.75, 3.05) is 0 Å². The van der Waals surface area contributed by atoms with Crippen LogP contribution in [0.25, 0.3) is 27.5 Å². The van der Waals surface area contributed by atoms with Crippen molar-refractivity contribution in [1.29, 1.82) is 0 Å². The Morgan fingerprint density at radius 2 is 2.00 bits per heavy atom. The van der Waals surface area contributed by atoms with Crippen LogP contribution in [0.5, 0.6) is 0 Å². The Hall–Kier alpha value is -3.59. The van der Waals surface area contributed by atoms with Gasteiger partial charge in [0.15, 0.2) is 0 Å². The van der Waals surface area contributed by atoms with Crippen molar-refractivity contribution < 1.29 is 8.91 Å². The molecule has 4 heterocycles. The molecule has 0 radical (unpaired) electrons. The first-order chi connectivity index (χ1) is 13.7. The predicted octanol–water partition coefficient (Wildman–Crippen LogP) is 3.46. The molecule has 4 aromatic heterocycles. The largest absolute Gasteiger partial charge is 0.337 e. The van der Waals surface area contributed by atoms with Gasteiger partial charge >= 0.3 is 0 Å². The van der Waals surface area contributed by atoms with Gasteiger partial charge in [-0.3, -0.25) is 4.79 Å². The number of thiophene rings is 1. The Kier molecular flexibility index (Phi) is 3.87. The molecule has 5 aromatic rings. The van der Waals surface area contributed by atoms with Crippen LogP contribution in [-0.2, 0) is 6.54 Å². The zero-order valence-electron chi connectivity index (χ0n) is 14.3. The van der Waals surface area contributed by atoms with Crippen LogP contribution in [0.4, 0.5) is 4.39 Å². The molecule has 0 aliphatic heterocycles. The third-order valence-corrected chi connectivity index (χ3v) is 5.15. The van der Waals surface area contributed by atoms with E-state index >= 15 is 0 Å². The Balaban J connectivity index is 1.46. The molecule has 0 spiro atoms. The Morgan fingerprint density at radius 1 is 1.14 bits per heavy atom. The standard InChI is InChI=1S/C19H12FN5O2S/c20-13-5-3-12(4-6-13)18-21-17(27-23-18)11-24-7-8-25-15(19(24)26)10-14(22-25)16-2-1-9-28-16/h1-10H,11H2. The van der Waals surface area contributed by atoms with Gasteiger partial charge in [-0.05, 0) is 41.8 Å². The maximum atomic E-state index is 13.1. The Bertz CT molecular complexity index is 1320. The average Bonchev–Trinajstić information content (AvgIpc) is 3.45. The maximum Gasteiger partial charge on any atom is 0.277 e. The fraction of sp³-hybridized carbons (Fsp3) is 0.0526. The maximum absolute atomic E-state index is 13.1. The Labute approximate surface area is 161 Å². The first kappa shape index (κ1) is 16.6. The molecule has 9 heteroatoms. The molecule has 1 aromatic carbocycles. The van der Waals surface area contributed by atoms with E-state index < -0.39 is 0 Å². The van der Waals surface area contributed by atoms with Crippen LogP contribution >= 0.6 is 11.3 Å². The number of hydrogen-bond donors (Lipinski definition) is 0. The van der Waals surface area contributed by atoms with E-state index in [1.807, 2.05) is 17.5 Å². The summed E-state index contributed by atoms with van der Waals surface area (Å²) < 4.78 is 21.3. The van der Waals surface area contributed by atoms with E-state index in [1.54, 1.807) is 46.4 Å². The third kappa shape index (κ3) is 2.91. The number of rotatable bonds is 4. The molecule has 0 fully saturated rings. The SMILES string of the molecule is O=c1c2cc(-c3cccs3)nn2ccn1Cc1nc(-c2ccc(F)cc2)no1. The highest BCUT2D eigenvalue weighted by Crippen LogP contribution is 2.23. The van der Waals surface area contributed by atoms with Crippen LogP contribution in [0.3, 0.4) is 0 Å². The van der Waals surface area contributed by atoms with Crippen LogP contribution in [0.2, 0.25) is 0 Å². The molecule has 0 unspecified atom stereocenters. The highest BCUT2D eigenvalue weighted by atomic mass is 32.1. The van der Waals surface area contributed by atoms with Gasteiger partial charge in [0.2, 0.25) is 11.7 Å². The fourth-order valence-electron chi connectivity index (χ4n) is 2.88. The second kappa shape index (κ2) is 6.54. The van der Waals surface area contributed by atoms with Crippen LogP contribution in [0, 0.1) is 5.82 Å². The molecule has 0 saturated heterocycles. The van der Waals surface area contributed by atoms with Gasteiger partial charge in [-0.1, -0.05) is 11.2 Å². The highest BCUT2D eigenvalue weighted by molar-refractivity contribution is 7.13. The molecule has 7 nitrogen and oxygen atoms in total. The number of hydrogen-bond acceptors (Lipinski definition) is 6. The zero-order chi connectivity index (χ0) is 19.1. The summed E-state index contributed by atoms with van der Waals surface area (Å²) in [6.07, 6.45) is 3.34. The highest BCUT2D eigenvalue weighted by Gasteiger charge is 2.13. The summed E-state index contributed by atoms with van der Waals surface area (Å²) in [4.78, 5) is 18.1. The lowest BCUT2D eigenvalue weighted by Gasteiger charge is -2.01. The molecular weight excluding hydrogens is 381 g/mol. The minimum Gasteiger partial charge on any atom is -0.337 e. The van der Waals surface area contributed by atoms with E-state index in [1.165, 1.54) is 16.7 Å². The molecule has 0 bridgehead atoms. The normalized spacial score (nSPS) is 11.3. The number of nitrogens with zero attached hydrogens (tertiary/aromatic N) is 5. The second-order valence-electron chi connectivity index (χ2n) is 6.09. The molecule has 0 N–H and O–H groups in total. The molecule has 0 amide bonds. The lowest BCUT2D eigenvalue weighted by atomic mass is 10.2. The first-order valence-electron chi connectivity index (χ1n) is 8.38. The van der Waals surface area contributed by atoms with Gasteiger partial charge in [0.1, 0.15) is 23.6 Å². The molecule has 0 aliphatic carbocycles. The van der Waals surface area contributed by atoms with Crippen molar-refractivity contribution in [3.8, 4) is 22.0 Å². The van der Waals surface area contributed by atoms with Gasteiger partial charge in [0.25, 0.3) is 5.56 Å². The molecular formula is C19H12FN5O2S. The summed E-state index contributed by atoms with van der Waals surface area (Å²) in [5.41, 5.74) is 1.64. The third-order valence-electron chi connectivity index (χ3n) is 4.25. The first-order valence-corrected chi connectivity index (χ1v) is 9.26. The summed E-state index contributed by atoms with van der Waals surface area (Å²) >= 11 is 1.56. The van der Waals surface area contributed by atoms with Crippen molar-refractivity contribution in [3.63, 3.8) is 0 Å². The lowest BCUT2D eigenvalue weighted by Crippen LogP contribution is -2.21. The van der Waals surface area contributed by atoms with Crippen molar-refractivity contribution in [3.05, 3.63) is 82.3 Å². The number of aromatic nitrogens is 5. The fourth-order valence-corrected chi connectivity index (χ4v) is 3.56. The van der Waals surface area contributed by atoms with Crippen molar-refractivity contribution >= 4 is 16.9 Å². The van der Waals surface area contributed by atoms with Crippen LogP contribution < -0.4 is 5.56 Å². The number of fused-ring (bicyclic) bond motifs is 1. The van der Waals surface area contributed by atoms with E-state index in [9.17, 15) is 9.18 Å². The van der Waals surface area contributed by atoms with Gasteiger partial charge in [-0.15, -0.1) is 11.3 Å². The van der Waals surface area contributed by atoms with Gasteiger partial charge in [0, 0.05) is 18.0 Å². The molecule has 0 atom stereocenters. The number of benzene rings is 1. The van der Waals surface area contributed by atoms with E-state index in [4.69, 9.17) is 4.52 Å². The summed E-state index contributed by atoms with van der Waals surface area (Å²) in [7, 11) is 0. The van der Waals surface area contributed by atoms with E-state index in [0.29, 0.717) is 16.9 Å². The van der Waals surface area contributed by atoms with Crippen LogP contribution in [0.1, 0.15) is 5.89 Å². The van der Waals surface area contributed by atoms with E-state index in [0.717, 1.165) is 10.6 Å². The molecule has 0 aliphatic rings. The summed E-state index contributed by atoms with van der Waals surface area (Å²) in [6.45, 7) is 0.128. The minimum atomic E-state index is -0.338. The van der Waals surface area contributed by atoms with Crippen LogP contribution in [-0.4, -0.2) is 24.3 Å². The van der Waals surface area contributed by atoms with Crippen LogP contribution in [0.15, 0.2) is 69.6 Å². The summed E-state index contributed by atoms with van der Waals surface area (Å²) in [5.74, 6) is 0.285. The van der Waals surface area contributed by atoms with E-state index in [2.05, 4.69) is 15.2 Å². The smallest absolute Gasteiger partial charge is 0.277 e. The topological polar surface area (TPSA) is 78.2 Å². The molecule has 5 rings (SSSR count). The summed E-state index contributed by atoms with van der Waals surface area (Å²) in [6, 6.07) is 11.5. The summed E-state index contributed by atoms with van der Waals surface area (Å²) in [5, 5.41) is 10.3. The van der Waals surface area contributed by atoms with E-state index in [-0.39, 0.29) is 23.8 Å². The van der Waals surface area contributed by atoms with Gasteiger partial charge in [-0.25, -0.2) is 8.91 Å². The van der Waals surface area contributed by atoms with Crippen molar-refractivity contribution in [2.45, 2.75) is 6.54 Å². The lowest BCUT2D eigenvalue weighted by molar-refractivity contribution is 0.370. The quantitative estimate of drug-likeness (QED) is 0.467. The molecule has 138 valence electrons. The minimum absolute atomic E-state index is 0.128. The zero-order valence-corrected chi connectivity index (χ0v) is 15.1. The average molecular weight is 393 g/mol.